The van der Waals surface area contributed by atoms with E-state index < -0.39 is 0 Å². The molecule has 0 bridgehead atoms. The van der Waals surface area contributed by atoms with Crippen molar-refractivity contribution >= 4 is 5.91 Å². The monoisotopic (exact) mass is 363 g/mol. The molecule has 0 saturated carbocycles. The summed E-state index contributed by atoms with van der Waals surface area (Å²) in [5.41, 5.74) is 4.33. The van der Waals surface area contributed by atoms with Gasteiger partial charge in [-0.25, -0.2) is 0 Å². The van der Waals surface area contributed by atoms with E-state index in [-0.39, 0.29) is 12.5 Å². The lowest BCUT2D eigenvalue weighted by Crippen LogP contribution is -2.34. The van der Waals surface area contributed by atoms with E-state index in [9.17, 15) is 4.79 Å². The molecule has 0 fully saturated rings. The van der Waals surface area contributed by atoms with E-state index in [0.717, 1.165) is 28.2 Å². The molecule has 1 aromatic heterocycles. The summed E-state index contributed by atoms with van der Waals surface area (Å²) < 4.78 is 11.3. The van der Waals surface area contributed by atoms with Crippen molar-refractivity contribution < 1.29 is 13.9 Å². The van der Waals surface area contributed by atoms with E-state index in [4.69, 9.17) is 9.15 Å². The van der Waals surface area contributed by atoms with Crippen molar-refractivity contribution in [2.24, 2.45) is 0 Å². The highest BCUT2D eigenvalue weighted by Crippen LogP contribution is 2.22. The molecule has 0 spiro atoms. The summed E-state index contributed by atoms with van der Waals surface area (Å²) in [5.74, 6) is 1.45. The van der Waals surface area contributed by atoms with E-state index in [1.54, 1.807) is 11.2 Å². The number of furan rings is 1. The quantitative estimate of drug-likeness (QED) is 0.605. The normalized spacial score (nSPS) is 10.6. The molecule has 0 aliphatic rings. The molecule has 0 N–H and O–H groups in total. The van der Waals surface area contributed by atoms with E-state index in [2.05, 4.69) is 12.1 Å². The van der Waals surface area contributed by atoms with Crippen LogP contribution in [0.2, 0.25) is 0 Å². The van der Waals surface area contributed by atoms with Crippen LogP contribution in [0.1, 0.15) is 28.0 Å². The number of hydrogen-bond donors (Lipinski definition) is 0. The first-order valence-electron chi connectivity index (χ1n) is 9.07. The lowest BCUT2D eigenvalue weighted by atomic mass is 10.1. The summed E-state index contributed by atoms with van der Waals surface area (Å²) in [6.45, 7) is 6.94. The first-order valence-corrected chi connectivity index (χ1v) is 9.07. The van der Waals surface area contributed by atoms with Crippen molar-refractivity contribution in [1.29, 1.82) is 0 Å². The van der Waals surface area contributed by atoms with Gasteiger partial charge in [0.25, 0.3) is 5.91 Å². The maximum absolute atomic E-state index is 12.9. The van der Waals surface area contributed by atoms with Gasteiger partial charge in [-0.15, -0.1) is 0 Å². The summed E-state index contributed by atoms with van der Waals surface area (Å²) >= 11 is 0. The Balaban J connectivity index is 1.72. The van der Waals surface area contributed by atoms with Crippen molar-refractivity contribution in [1.82, 2.24) is 4.90 Å². The van der Waals surface area contributed by atoms with Crippen LogP contribution in [0.15, 0.2) is 65.3 Å². The summed E-state index contributed by atoms with van der Waals surface area (Å²) in [6, 6.07) is 17.9. The van der Waals surface area contributed by atoms with Crippen LogP contribution in [0, 0.1) is 20.8 Å². The molecule has 0 aliphatic carbocycles. The number of amides is 1. The summed E-state index contributed by atoms with van der Waals surface area (Å²) in [6.07, 6.45) is 1.62. The minimum Gasteiger partial charge on any atom is -0.483 e. The second kappa shape index (κ2) is 8.58. The maximum atomic E-state index is 12.9. The van der Waals surface area contributed by atoms with Gasteiger partial charge in [-0.3, -0.25) is 4.79 Å². The third kappa shape index (κ3) is 5.00. The van der Waals surface area contributed by atoms with Crippen molar-refractivity contribution in [3.05, 3.63) is 88.9 Å². The molecule has 3 rings (SSSR count). The van der Waals surface area contributed by atoms with Gasteiger partial charge in [0.2, 0.25) is 0 Å². The Hall–Kier alpha value is -3.01. The van der Waals surface area contributed by atoms with Gasteiger partial charge in [-0.1, -0.05) is 48.0 Å². The highest BCUT2D eigenvalue weighted by Gasteiger charge is 2.17. The summed E-state index contributed by atoms with van der Waals surface area (Å²) in [5, 5.41) is 0. The van der Waals surface area contributed by atoms with Crippen molar-refractivity contribution in [3.8, 4) is 5.75 Å². The number of benzene rings is 2. The minimum absolute atomic E-state index is 0.00172. The van der Waals surface area contributed by atoms with Gasteiger partial charge in [-0.05, 0) is 49.6 Å². The van der Waals surface area contributed by atoms with E-state index >= 15 is 0 Å². The van der Waals surface area contributed by atoms with Crippen molar-refractivity contribution in [2.75, 3.05) is 6.61 Å². The second-order valence-electron chi connectivity index (χ2n) is 6.82. The Labute approximate surface area is 160 Å². The predicted octanol–water partition coefficient (Wildman–Crippen LogP) is 4.81. The zero-order chi connectivity index (χ0) is 19.2. The van der Waals surface area contributed by atoms with Crippen LogP contribution in [0.5, 0.6) is 5.75 Å². The minimum atomic E-state index is -0.0744. The maximum Gasteiger partial charge on any atom is 0.261 e. The van der Waals surface area contributed by atoms with Gasteiger partial charge >= 0.3 is 0 Å². The highest BCUT2D eigenvalue weighted by molar-refractivity contribution is 5.77. The number of rotatable bonds is 7. The molecule has 4 nitrogen and oxygen atoms in total. The van der Waals surface area contributed by atoms with Crippen LogP contribution < -0.4 is 4.74 Å². The summed E-state index contributed by atoms with van der Waals surface area (Å²) in [4.78, 5) is 14.7. The van der Waals surface area contributed by atoms with E-state index in [1.807, 2.05) is 63.2 Å². The number of nitrogens with zero attached hydrogens (tertiary/aromatic N) is 1. The van der Waals surface area contributed by atoms with Crippen LogP contribution in [-0.4, -0.2) is 17.4 Å². The van der Waals surface area contributed by atoms with Crippen LogP contribution >= 0.6 is 0 Å². The standard InChI is InChI=1S/C23H25NO3/c1-17-9-11-20(12-10-17)14-24(15-21-8-5-13-26-21)22(25)16-27-23-18(2)6-4-7-19(23)3/h4-13H,14-16H2,1-3H3. The molecule has 1 amide bonds. The zero-order valence-electron chi connectivity index (χ0n) is 16.1. The largest absolute Gasteiger partial charge is 0.483 e. The lowest BCUT2D eigenvalue weighted by Gasteiger charge is -2.22. The lowest BCUT2D eigenvalue weighted by molar-refractivity contribution is -0.134. The van der Waals surface area contributed by atoms with Crippen molar-refractivity contribution in [2.45, 2.75) is 33.9 Å². The average molecular weight is 363 g/mol. The molecular formula is C23H25NO3. The van der Waals surface area contributed by atoms with Gasteiger partial charge < -0.3 is 14.1 Å². The predicted molar refractivity (Wildman–Crippen MR) is 106 cm³/mol. The van der Waals surface area contributed by atoms with E-state index in [1.165, 1.54) is 5.56 Å². The van der Waals surface area contributed by atoms with Crippen LogP contribution in [0.3, 0.4) is 0 Å². The van der Waals surface area contributed by atoms with E-state index in [0.29, 0.717) is 13.1 Å². The molecule has 1 heterocycles. The number of carbonyl (C=O) groups excluding carboxylic acids is 1. The van der Waals surface area contributed by atoms with Crippen LogP contribution in [-0.2, 0) is 17.9 Å². The fourth-order valence-corrected chi connectivity index (χ4v) is 2.99. The fraction of sp³-hybridized carbons (Fsp3) is 0.261. The van der Waals surface area contributed by atoms with Crippen LogP contribution in [0.25, 0.3) is 0 Å². The molecule has 27 heavy (non-hydrogen) atoms. The summed E-state index contributed by atoms with van der Waals surface area (Å²) in [7, 11) is 0. The molecule has 2 aromatic carbocycles. The van der Waals surface area contributed by atoms with Gasteiger partial charge in [0.1, 0.15) is 11.5 Å². The number of hydrogen-bond acceptors (Lipinski definition) is 3. The molecule has 0 radical (unpaired) electrons. The Morgan fingerprint density at radius 1 is 0.926 bits per heavy atom. The smallest absolute Gasteiger partial charge is 0.261 e. The SMILES string of the molecule is Cc1ccc(CN(Cc2ccco2)C(=O)COc2c(C)cccc2C)cc1. The fourth-order valence-electron chi connectivity index (χ4n) is 2.99. The third-order valence-corrected chi connectivity index (χ3v) is 4.52. The zero-order valence-corrected chi connectivity index (χ0v) is 16.1. The first-order chi connectivity index (χ1) is 13.0. The molecular weight excluding hydrogens is 338 g/mol. The first kappa shape index (κ1) is 18.8. The molecule has 140 valence electrons. The molecule has 0 unspecified atom stereocenters. The molecule has 0 saturated heterocycles. The third-order valence-electron chi connectivity index (χ3n) is 4.52. The van der Waals surface area contributed by atoms with Gasteiger partial charge in [0.15, 0.2) is 6.61 Å². The topological polar surface area (TPSA) is 42.7 Å². The Morgan fingerprint density at radius 3 is 2.26 bits per heavy atom. The highest BCUT2D eigenvalue weighted by atomic mass is 16.5. The number of aryl methyl sites for hydroxylation is 3. The second-order valence-corrected chi connectivity index (χ2v) is 6.82. The Bertz CT molecular complexity index is 862. The average Bonchev–Trinajstić information content (AvgIpc) is 3.15. The van der Waals surface area contributed by atoms with Gasteiger partial charge in [0.05, 0.1) is 12.8 Å². The Morgan fingerprint density at radius 2 is 1.63 bits per heavy atom. The molecule has 3 aromatic rings. The van der Waals surface area contributed by atoms with Crippen molar-refractivity contribution in [3.63, 3.8) is 0 Å². The number of ether oxygens (including phenoxy) is 1. The number of carbonyl (C=O) groups is 1. The van der Waals surface area contributed by atoms with Gasteiger partial charge in [-0.2, -0.15) is 0 Å². The van der Waals surface area contributed by atoms with Gasteiger partial charge in [0, 0.05) is 6.54 Å². The number of para-hydroxylation sites is 1. The Kier molecular flexibility index (Phi) is 5.97. The molecule has 4 heteroatoms. The molecule has 0 aliphatic heterocycles. The van der Waals surface area contributed by atoms with Crippen LogP contribution in [0.4, 0.5) is 0 Å². The molecule has 0 atom stereocenters.